The molecule has 0 N–H and O–H groups in total. The summed E-state index contributed by atoms with van der Waals surface area (Å²) < 4.78 is 5.88. The van der Waals surface area contributed by atoms with Gasteiger partial charge < -0.3 is 9.57 Å². The molecule has 0 saturated carbocycles. The lowest BCUT2D eigenvalue weighted by atomic mass is 10.0. The molecule has 1 atom stereocenters. The highest BCUT2D eigenvalue weighted by Gasteiger charge is 2.21. The predicted octanol–water partition coefficient (Wildman–Crippen LogP) is 5.26. The number of rotatable bonds is 7. The van der Waals surface area contributed by atoms with Crippen LogP contribution in [0.15, 0.2) is 90.1 Å². The van der Waals surface area contributed by atoms with E-state index in [-0.39, 0.29) is 6.10 Å². The van der Waals surface area contributed by atoms with Gasteiger partial charge in [0.2, 0.25) is 0 Å². The minimum Gasteiger partial charge on any atom is -0.392 e. The van der Waals surface area contributed by atoms with E-state index in [0.717, 1.165) is 24.1 Å². The summed E-state index contributed by atoms with van der Waals surface area (Å²) in [6.07, 6.45) is 1.83. The van der Waals surface area contributed by atoms with Crippen molar-refractivity contribution in [1.82, 2.24) is 0 Å². The van der Waals surface area contributed by atoms with Crippen LogP contribution in [0.5, 0.6) is 0 Å². The fourth-order valence-corrected chi connectivity index (χ4v) is 3.32. The highest BCUT2D eigenvalue weighted by atomic mass is 16.6. The molecule has 27 heavy (non-hydrogen) atoms. The molecule has 136 valence electrons. The van der Waals surface area contributed by atoms with Gasteiger partial charge in [-0.05, 0) is 28.3 Å². The monoisotopic (exact) mass is 357 g/mol. The molecule has 0 spiro atoms. The van der Waals surface area contributed by atoms with Gasteiger partial charge in [0.05, 0.1) is 18.9 Å². The molecule has 0 aliphatic carbocycles. The third-order valence-electron chi connectivity index (χ3n) is 4.67. The maximum Gasteiger partial charge on any atom is 0.137 e. The van der Waals surface area contributed by atoms with Crippen molar-refractivity contribution >= 4 is 5.71 Å². The maximum atomic E-state index is 5.88. The van der Waals surface area contributed by atoms with E-state index < -0.39 is 0 Å². The lowest BCUT2D eigenvalue weighted by molar-refractivity contribution is 0.0857. The summed E-state index contributed by atoms with van der Waals surface area (Å²) in [6, 6.07) is 29.3. The second-order valence-electron chi connectivity index (χ2n) is 6.84. The molecule has 0 bridgehead atoms. The molecule has 4 rings (SSSR count). The Kier molecular flexibility index (Phi) is 5.61. The second-order valence-corrected chi connectivity index (χ2v) is 6.84. The average molecular weight is 357 g/mol. The minimum atomic E-state index is 0.118. The van der Waals surface area contributed by atoms with Crippen LogP contribution < -0.4 is 0 Å². The molecule has 1 heterocycles. The normalized spacial score (nSPS) is 16.0. The molecular weight excluding hydrogens is 334 g/mol. The Hall–Kier alpha value is -2.91. The lowest BCUT2D eigenvalue weighted by Crippen LogP contribution is -2.14. The smallest absolute Gasteiger partial charge is 0.137 e. The Morgan fingerprint density at radius 3 is 2.30 bits per heavy atom. The topological polar surface area (TPSA) is 30.8 Å². The Morgan fingerprint density at radius 2 is 1.48 bits per heavy atom. The number of hydrogen-bond donors (Lipinski definition) is 0. The van der Waals surface area contributed by atoms with Crippen LogP contribution in [0.4, 0.5) is 0 Å². The standard InChI is InChI=1S/C24H23NO2/c1-3-8-19(9-4-1)15-24-16-23(25-27-24)18-26-17-20-10-7-13-22(14-20)21-11-5-2-6-12-21/h1-14,24H,15-18H2. The highest BCUT2D eigenvalue weighted by molar-refractivity contribution is 5.86. The van der Waals surface area contributed by atoms with E-state index in [2.05, 4.69) is 78.0 Å². The van der Waals surface area contributed by atoms with Crippen molar-refractivity contribution in [3.05, 3.63) is 96.1 Å². The van der Waals surface area contributed by atoms with Gasteiger partial charge in [0.15, 0.2) is 0 Å². The van der Waals surface area contributed by atoms with Crippen LogP contribution in [0.25, 0.3) is 11.1 Å². The number of ether oxygens (including phenoxy) is 1. The van der Waals surface area contributed by atoms with Crippen LogP contribution in [-0.4, -0.2) is 18.4 Å². The molecule has 1 unspecified atom stereocenters. The van der Waals surface area contributed by atoms with Crippen molar-refractivity contribution in [2.75, 3.05) is 6.61 Å². The molecule has 3 aromatic rings. The van der Waals surface area contributed by atoms with Gasteiger partial charge in [0, 0.05) is 12.8 Å². The van der Waals surface area contributed by atoms with Crippen molar-refractivity contribution in [3.8, 4) is 11.1 Å². The zero-order valence-electron chi connectivity index (χ0n) is 15.3. The number of hydrogen-bond acceptors (Lipinski definition) is 3. The van der Waals surface area contributed by atoms with Gasteiger partial charge in [-0.2, -0.15) is 0 Å². The Morgan fingerprint density at radius 1 is 0.778 bits per heavy atom. The van der Waals surface area contributed by atoms with E-state index in [9.17, 15) is 0 Å². The molecule has 1 aliphatic rings. The Balaban J connectivity index is 1.26. The first-order valence-electron chi connectivity index (χ1n) is 9.34. The molecule has 0 saturated heterocycles. The van der Waals surface area contributed by atoms with Gasteiger partial charge >= 0.3 is 0 Å². The third kappa shape index (κ3) is 4.83. The molecule has 0 fully saturated rings. The number of oxime groups is 1. The van der Waals surface area contributed by atoms with Crippen LogP contribution in [0.2, 0.25) is 0 Å². The van der Waals surface area contributed by atoms with Gasteiger partial charge in [-0.3, -0.25) is 0 Å². The summed E-state index contributed by atoms with van der Waals surface area (Å²) >= 11 is 0. The minimum absolute atomic E-state index is 0.118. The first-order chi connectivity index (χ1) is 13.4. The van der Waals surface area contributed by atoms with Crippen LogP contribution in [0.1, 0.15) is 17.5 Å². The second kappa shape index (κ2) is 8.65. The average Bonchev–Trinajstić information content (AvgIpc) is 3.17. The molecular formula is C24H23NO2. The van der Waals surface area contributed by atoms with Crippen LogP contribution >= 0.6 is 0 Å². The van der Waals surface area contributed by atoms with E-state index in [1.54, 1.807) is 0 Å². The molecule has 0 radical (unpaired) electrons. The van der Waals surface area contributed by atoms with Crippen molar-refractivity contribution in [1.29, 1.82) is 0 Å². The van der Waals surface area contributed by atoms with Gasteiger partial charge in [-0.1, -0.05) is 84.0 Å². The lowest BCUT2D eigenvalue weighted by Gasteiger charge is -2.08. The Bertz CT molecular complexity index is 891. The van der Waals surface area contributed by atoms with E-state index in [1.807, 2.05) is 12.1 Å². The van der Waals surface area contributed by atoms with Gasteiger partial charge in [-0.15, -0.1) is 0 Å². The van der Waals surface area contributed by atoms with E-state index >= 15 is 0 Å². The van der Waals surface area contributed by atoms with E-state index in [0.29, 0.717) is 13.2 Å². The van der Waals surface area contributed by atoms with Gasteiger partial charge in [-0.25, -0.2) is 0 Å². The van der Waals surface area contributed by atoms with Crippen LogP contribution in [-0.2, 0) is 22.6 Å². The van der Waals surface area contributed by atoms with Crippen LogP contribution in [0, 0.1) is 0 Å². The zero-order chi connectivity index (χ0) is 18.3. The van der Waals surface area contributed by atoms with Crippen molar-refractivity contribution in [3.63, 3.8) is 0 Å². The quantitative estimate of drug-likeness (QED) is 0.578. The first kappa shape index (κ1) is 17.5. The first-order valence-corrected chi connectivity index (χ1v) is 9.34. The summed E-state index contributed by atoms with van der Waals surface area (Å²) in [5.41, 5.74) is 5.85. The largest absolute Gasteiger partial charge is 0.392 e. The van der Waals surface area contributed by atoms with Gasteiger partial charge in [0.25, 0.3) is 0 Å². The van der Waals surface area contributed by atoms with Crippen molar-refractivity contribution in [2.45, 2.75) is 25.6 Å². The fourth-order valence-electron chi connectivity index (χ4n) is 3.32. The molecule has 1 aliphatic heterocycles. The predicted molar refractivity (Wildman–Crippen MR) is 109 cm³/mol. The molecule has 3 nitrogen and oxygen atoms in total. The summed E-state index contributed by atoms with van der Waals surface area (Å²) in [4.78, 5) is 5.56. The van der Waals surface area contributed by atoms with Crippen molar-refractivity contribution < 1.29 is 9.57 Å². The SMILES string of the molecule is c1ccc(CC2CC(COCc3cccc(-c4ccccc4)c3)=NO2)cc1. The molecule has 3 heteroatoms. The molecule has 0 amide bonds. The summed E-state index contributed by atoms with van der Waals surface area (Å²) in [6.45, 7) is 1.09. The van der Waals surface area contributed by atoms with E-state index in [4.69, 9.17) is 9.57 Å². The fraction of sp³-hybridized carbons (Fsp3) is 0.208. The maximum absolute atomic E-state index is 5.88. The highest BCUT2D eigenvalue weighted by Crippen LogP contribution is 2.21. The van der Waals surface area contributed by atoms with Crippen LogP contribution in [0.3, 0.4) is 0 Å². The zero-order valence-corrected chi connectivity index (χ0v) is 15.3. The number of nitrogens with zero attached hydrogens (tertiary/aromatic N) is 1. The molecule has 0 aromatic heterocycles. The van der Waals surface area contributed by atoms with Crippen molar-refractivity contribution in [2.24, 2.45) is 5.16 Å². The third-order valence-corrected chi connectivity index (χ3v) is 4.67. The Labute approximate surface area is 160 Å². The summed E-state index contributed by atoms with van der Waals surface area (Å²) in [5.74, 6) is 0. The summed E-state index contributed by atoms with van der Waals surface area (Å²) in [7, 11) is 0. The summed E-state index contributed by atoms with van der Waals surface area (Å²) in [5, 5.41) is 4.20. The number of benzene rings is 3. The molecule has 3 aromatic carbocycles. The van der Waals surface area contributed by atoms with Gasteiger partial charge in [0.1, 0.15) is 6.10 Å². The van der Waals surface area contributed by atoms with E-state index in [1.165, 1.54) is 16.7 Å².